The highest BCUT2D eigenvalue weighted by atomic mass is 32.1. The van der Waals surface area contributed by atoms with E-state index in [1.807, 2.05) is 31.2 Å². The molecule has 1 aromatic carbocycles. The van der Waals surface area contributed by atoms with Gasteiger partial charge in [-0.1, -0.05) is 36.5 Å². The van der Waals surface area contributed by atoms with Crippen molar-refractivity contribution in [1.82, 2.24) is 10.2 Å². The van der Waals surface area contributed by atoms with Crippen LogP contribution in [0.1, 0.15) is 17.5 Å². The number of ether oxygens (including phenoxy) is 1. The Morgan fingerprint density at radius 2 is 2.30 bits per heavy atom. The Labute approximate surface area is 121 Å². The van der Waals surface area contributed by atoms with Crippen molar-refractivity contribution in [2.75, 3.05) is 11.9 Å². The molecule has 3 rings (SSSR count). The second-order valence-corrected chi connectivity index (χ2v) is 5.73. The van der Waals surface area contributed by atoms with Gasteiger partial charge in [0.25, 0.3) is 0 Å². The van der Waals surface area contributed by atoms with E-state index in [1.165, 1.54) is 11.3 Å². The second-order valence-electron chi connectivity index (χ2n) is 4.66. The number of carbonyl (C=O) groups is 1. The first-order valence-electron chi connectivity index (χ1n) is 6.60. The minimum atomic E-state index is -0.182. The van der Waals surface area contributed by atoms with Crippen molar-refractivity contribution < 1.29 is 9.53 Å². The van der Waals surface area contributed by atoms with Crippen LogP contribution in [0.5, 0.6) is 5.75 Å². The van der Waals surface area contributed by atoms with E-state index in [9.17, 15) is 4.79 Å². The maximum Gasteiger partial charge on any atom is 0.233 e. The molecule has 2 aromatic rings. The standard InChI is InChI=1S/C14H15N3O2S/c1-2-12-16-17-14(20-12)15-13(18)10-7-9-5-3-4-6-11(9)19-8-10/h3-6,10H,2,7-8H2,1H3,(H,15,17,18). The maximum atomic E-state index is 12.2. The largest absolute Gasteiger partial charge is 0.492 e. The number of anilines is 1. The van der Waals surface area contributed by atoms with Crippen LogP contribution in [0.25, 0.3) is 0 Å². The molecule has 5 nitrogen and oxygen atoms in total. The highest BCUT2D eigenvalue weighted by Crippen LogP contribution is 2.27. The van der Waals surface area contributed by atoms with Crippen molar-refractivity contribution >= 4 is 22.4 Å². The van der Waals surface area contributed by atoms with Crippen LogP contribution in [-0.4, -0.2) is 22.7 Å². The molecule has 1 unspecified atom stereocenters. The number of para-hydroxylation sites is 1. The highest BCUT2D eigenvalue weighted by Gasteiger charge is 2.26. The average Bonchev–Trinajstić information content (AvgIpc) is 2.94. The van der Waals surface area contributed by atoms with E-state index in [2.05, 4.69) is 15.5 Å². The summed E-state index contributed by atoms with van der Waals surface area (Å²) in [6.07, 6.45) is 1.52. The topological polar surface area (TPSA) is 64.1 Å². The fourth-order valence-corrected chi connectivity index (χ4v) is 2.83. The van der Waals surface area contributed by atoms with Crippen LogP contribution in [0, 0.1) is 5.92 Å². The highest BCUT2D eigenvalue weighted by molar-refractivity contribution is 7.15. The summed E-state index contributed by atoms with van der Waals surface area (Å²) in [6, 6.07) is 7.82. The van der Waals surface area contributed by atoms with Crippen molar-refractivity contribution in [3.8, 4) is 5.75 Å². The summed E-state index contributed by atoms with van der Waals surface area (Å²) in [6.45, 7) is 2.42. The van der Waals surface area contributed by atoms with E-state index >= 15 is 0 Å². The van der Waals surface area contributed by atoms with Crippen molar-refractivity contribution in [2.45, 2.75) is 19.8 Å². The van der Waals surface area contributed by atoms with Gasteiger partial charge in [-0.2, -0.15) is 0 Å². The fourth-order valence-electron chi connectivity index (χ4n) is 2.15. The third-order valence-electron chi connectivity index (χ3n) is 3.25. The molecular formula is C14H15N3O2S. The first-order valence-corrected chi connectivity index (χ1v) is 7.42. The van der Waals surface area contributed by atoms with E-state index in [4.69, 9.17) is 4.74 Å². The average molecular weight is 289 g/mol. The van der Waals surface area contributed by atoms with E-state index in [0.29, 0.717) is 18.2 Å². The van der Waals surface area contributed by atoms with E-state index in [1.54, 1.807) is 0 Å². The number of amides is 1. The summed E-state index contributed by atoms with van der Waals surface area (Å²) in [5.74, 6) is 0.637. The Morgan fingerprint density at radius 3 is 3.10 bits per heavy atom. The summed E-state index contributed by atoms with van der Waals surface area (Å²) in [7, 11) is 0. The summed E-state index contributed by atoms with van der Waals surface area (Å²) in [4.78, 5) is 12.2. The van der Waals surface area contributed by atoms with Gasteiger partial charge in [-0.3, -0.25) is 4.79 Å². The van der Waals surface area contributed by atoms with E-state index < -0.39 is 0 Å². The smallest absolute Gasteiger partial charge is 0.233 e. The quantitative estimate of drug-likeness (QED) is 0.941. The lowest BCUT2D eigenvalue weighted by molar-refractivity contribution is -0.121. The van der Waals surface area contributed by atoms with E-state index in [0.717, 1.165) is 22.7 Å². The van der Waals surface area contributed by atoms with E-state index in [-0.39, 0.29) is 11.8 Å². The lowest BCUT2D eigenvalue weighted by Crippen LogP contribution is -2.32. The molecule has 0 spiro atoms. The van der Waals surface area contributed by atoms with Crippen LogP contribution < -0.4 is 10.1 Å². The number of fused-ring (bicyclic) bond motifs is 1. The number of hydrogen-bond donors (Lipinski definition) is 1. The second kappa shape index (κ2) is 5.58. The number of carbonyl (C=O) groups excluding carboxylic acids is 1. The van der Waals surface area contributed by atoms with Crippen molar-refractivity contribution in [3.63, 3.8) is 0 Å². The van der Waals surface area contributed by atoms with Gasteiger partial charge in [0.1, 0.15) is 17.4 Å². The number of hydrogen-bond acceptors (Lipinski definition) is 5. The molecular weight excluding hydrogens is 274 g/mol. The number of rotatable bonds is 3. The van der Waals surface area contributed by atoms with Gasteiger partial charge in [0.15, 0.2) is 0 Å². The Kier molecular flexibility index (Phi) is 3.64. The molecule has 1 atom stereocenters. The molecule has 20 heavy (non-hydrogen) atoms. The zero-order valence-electron chi connectivity index (χ0n) is 11.1. The molecule has 1 aliphatic heterocycles. The molecule has 0 bridgehead atoms. The Hall–Kier alpha value is -1.95. The summed E-state index contributed by atoms with van der Waals surface area (Å²) < 4.78 is 5.63. The number of benzene rings is 1. The molecule has 0 aliphatic carbocycles. The van der Waals surface area contributed by atoms with Crippen molar-refractivity contribution in [3.05, 3.63) is 34.8 Å². The SMILES string of the molecule is CCc1nnc(NC(=O)C2COc3ccccc3C2)s1. The summed E-state index contributed by atoms with van der Waals surface area (Å²) in [5.41, 5.74) is 1.07. The molecule has 1 N–H and O–H groups in total. The normalized spacial score (nSPS) is 17.1. The molecule has 1 aromatic heterocycles. The molecule has 0 saturated heterocycles. The molecule has 0 saturated carbocycles. The van der Waals surface area contributed by atoms with Gasteiger partial charge in [0, 0.05) is 0 Å². The summed E-state index contributed by atoms with van der Waals surface area (Å²) in [5, 5.41) is 12.3. The third-order valence-corrected chi connectivity index (χ3v) is 4.23. The third kappa shape index (κ3) is 2.65. The van der Waals surface area contributed by atoms with Gasteiger partial charge in [-0.25, -0.2) is 0 Å². The molecule has 0 fully saturated rings. The number of aromatic nitrogens is 2. The van der Waals surface area contributed by atoms with Gasteiger partial charge in [-0.05, 0) is 24.5 Å². The fraction of sp³-hybridized carbons (Fsp3) is 0.357. The number of nitrogens with one attached hydrogen (secondary N) is 1. The van der Waals surface area contributed by atoms with Crippen LogP contribution in [0.3, 0.4) is 0 Å². The molecule has 104 valence electrons. The molecule has 1 aliphatic rings. The minimum Gasteiger partial charge on any atom is -0.492 e. The molecule has 0 radical (unpaired) electrons. The molecule has 1 amide bonds. The van der Waals surface area contributed by atoms with Crippen molar-refractivity contribution in [2.24, 2.45) is 5.92 Å². The lowest BCUT2D eigenvalue weighted by Gasteiger charge is -2.23. The van der Waals surface area contributed by atoms with Crippen LogP contribution in [-0.2, 0) is 17.6 Å². The first kappa shape index (κ1) is 13.1. The van der Waals surface area contributed by atoms with Gasteiger partial charge in [0.05, 0.1) is 5.92 Å². The predicted octanol–water partition coefficient (Wildman–Crippen LogP) is 2.29. The first-order chi connectivity index (χ1) is 9.76. The Balaban J connectivity index is 1.67. The number of nitrogens with zero attached hydrogens (tertiary/aromatic N) is 2. The van der Waals surface area contributed by atoms with Crippen LogP contribution in [0.4, 0.5) is 5.13 Å². The van der Waals surface area contributed by atoms with Gasteiger partial charge >= 0.3 is 0 Å². The Morgan fingerprint density at radius 1 is 1.45 bits per heavy atom. The number of aryl methyl sites for hydroxylation is 1. The molecule has 6 heteroatoms. The maximum absolute atomic E-state index is 12.2. The summed E-state index contributed by atoms with van der Waals surface area (Å²) >= 11 is 1.42. The van der Waals surface area contributed by atoms with Crippen LogP contribution in [0.15, 0.2) is 24.3 Å². The zero-order chi connectivity index (χ0) is 13.9. The minimum absolute atomic E-state index is 0.0571. The monoisotopic (exact) mass is 289 g/mol. The molecule has 2 heterocycles. The predicted molar refractivity (Wildman–Crippen MR) is 77.0 cm³/mol. The Bertz CT molecular complexity index is 626. The van der Waals surface area contributed by atoms with Crippen molar-refractivity contribution in [1.29, 1.82) is 0 Å². The zero-order valence-corrected chi connectivity index (χ0v) is 11.9. The van der Waals surface area contributed by atoms with Gasteiger partial charge < -0.3 is 10.1 Å². The van der Waals surface area contributed by atoms with Crippen LogP contribution >= 0.6 is 11.3 Å². The lowest BCUT2D eigenvalue weighted by atomic mass is 9.96. The van der Waals surface area contributed by atoms with Gasteiger partial charge in [0.2, 0.25) is 11.0 Å². The van der Waals surface area contributed by atoms with Crippen LogP contribution in [0.2, 0.25) is 0 Å². The van der Waals surface area contributed by atoms with Gasteiger partial charge in [-0.15, -0.1) is 10.2 Å².